The number of benzene rings is 1. The summed E-state index contributed by atoms with van der Waals surface area (Å²) >= 11 is 5.93. The third kappa shape index (κ3) is 4.43. The van der Waals surface area contributed by atoms with Crippen molar-refractivity contribution in [2.24, 2.45) is 0 Å². The Labute approximate surface area is 106 Å². The summed E-state index contributed by atoms with van der Waals surface area (Å²) in [4.78, 5) is 11.5. The van der Waals surface area contributed by atoms with Gasteiger partial charge in [-0.25, -0.2) is 0 Å². The van der Waals surface area contributed by atoms with E-state index in [1.807, 2.05) is 19.9 Å². The van der Waals surface area contributed by atoms with Gasteiger partial charge in [0, 0.05) is 6.04 Å². The molecule has 90 valence electrons. The fraction of sp³-hybridized carbons (Fsp3) is 0.333. The Morgan fingerprint density at radius 1 is 1.53 bits per heavy atom. The van der Waals surface area contributed by atoms with E-state index in [1.54, 1.807) is 12.1 Å². The Hall–Kier alpha value is -1.57. The number of halogens is 1. The number of nitriles is 1. The zero-order valence-corrected chi connectivity index (χ0v) is 10.5. The lowest BCUT2D eigenvalue weighted by Crippen LogP contribution is -2.32. The predicted octanol–water partition coefficient (Wildman–Crippen LogP) is 2.15. The van der Waals surface area contributed by atoms with Crippen molar-refractivity contribution in [2.45, 2.75) is 19.9 Å². The first-order valence-corrected chi connectivity index (χ1v) is 5.63. The molecule has 1 aromatic rings. The average molecular weight is 252 g/mol. The molecule has 0 aliphatic carbocycles. The number of carbonyl (C=O) groups excluding carboxylic acids is 1. The van der Waals surface area contributed by atoms with Crippen molar-refractivity contribution < 1.29 is 4.79 Å². The van der Waals surface area contributed by atoms with Gasteiger partial charge in [0.25, 0.3) is 0 Å². The molecule has 1 amide bonds. The number of nitrogens with one attached hydrogen (secondary N) is 2. The quantitative estimate of drug-likeness (QED) is 0.862. The van der Waals surface area contributed by atoms with Crippen molar-refractivity contribution in [3.8, 4) is 6.07 Å². The van der Waals surface area contributed by atoms with Crippen LogP contribution in [0, 0.1) is 11.3 Å². The largest absolute Gasteiger partial charge is 0.324 e. The van der Waals surface area contributed by atoms with Crippen LogP contribution in [-0.2, 0) is 4.79 Å². The summed E-state index contributed by atoms with van der Waals surface area (Å²) in [5.74, 6) is -0.162. The first-order valence-electron chi connectivity index (χ1n) is 5.26. The molecule has 0 saturated carbocycles. The molecule has 0 fully saturated rings. The molecule has 17 heavy (non-hydrogen) atoms. The standard InChI is InChI=1S/C12H14ClN3O/c1-8(2)15-7-12(17)16-11-4-3-9(6-14)5-10(11)13/h3-5,8,15H,7H2,1-2H3,(H,16,17). The zero-order chi connectivity index (χ0) is 12.8. The van der Waals surface area contributed by atoms with Crippen LogP contribution in [0.2, 0.25) is 5.02 Å². The van der Waals surface area contributed by atoms with E-state index in [0.717, 1.165) is 0 Å². The zero-order valence-electron chi connectivity index (χ0n) is 9.75. The van der Waals surface area contributed by atoms with Gasteiger partial charge in [-0.3, -0.25) is 4.79 Å². The van der Waals surface area contributed by atoms with Crippen LogP contribution in [0.25, 0.3) is 0 Å². The SMILES string of the molecule is CC(C)NCC(=O)Nc1ccc(C#N)cc1Cl. The van der Waals surface area contributed by atoms with Gasteiger partial charge in [0.05, 0.1) is 28.9 Å². The fourth-order valence-corrected chi connectivity index (χ4v) is 1.41. The van der Waals surface area contributed by atoms with E-state index in [9.17, 15) is 4.79 Å². The van der Waals surface area contributed by atoms with Gasteiger partial charge in [0.2, 0.25) is 5.91 Å². The van der Waals surface area contributed by atoms with Gasteiger partial charge >= 0.3 is 0 Å². The summed E-state index contributed by atoms with van der Waals surface area (Å²) in [5.41, 5.74) is 0.981. The first-order chi connectivity index (χ1) is 8.02. The topological polar surface area (TPSA) is 64.9 Å². The minimum absolute atomic E-state index is 0.162. The van der Waals surface area contributed by atoms with Gasteiger partial charge in [-0.05, 0) is 18.2 Å². The van der Waals surface area contributed by atoms with Crippen molar-refractivity contribution in [3.05, 3.63) is 28.8 Å². The van der Waals surface area contributed by atoms with Crippen LogP contribution in [0.3, 0.4) is 0 Å². The Morgan fingerprint density at radius 3 is 2.76 bits per heavy atom. The van der Waals surface area contributed by atoms with Crippen LogP contribution in [0.1, 0.15) is 19.4 Å². The second-order valence-corrected chi connectivity index (χ2v) is 4.30. The number of carbonyl (C=O) groups is 1. The summed E-state index contributed by atoms with van der Waals surface area (Å²) < 4.78 is 0. The molecule has 5 heteroatoms. The molecule has 0 heterocycles. The Balaban J connectivity index is 2.63. The fourth-order valence-electron chi connectivity index (χ4n) is 1.18. The van der Waals surface area contributed by atoms with Gasteiger partial charge in [-0.2, -0.15) is 5.26 Å². The van der Waals surface area contributed by atoms with Gasteiger partial charge < -0.3 is 10.6 Å². The lowest BCUT2D eigenvalue weighted by atomic mass is 10.2. The lowest BCUT2D eigenvalue weighted by Gasteiger charge is -2.10. The number of anilines is 1. The normalized spacial score (nSPS) is 10.1. The highest BCUT2D eigenvalue weighted by Crippen LogP contribution is 2.22. The summed E-state index contributed by atoms with van der Waals surface area (Å²) in [6.45, 7) is 4.15. The molecular formula is C12H14ClN3O. The molecular weight excluding hydrogens is 238 g/mol. The van der Waals surface area contributed by atoms with Crippen LogP contribution in [0.5, 0.6) is 0 Å². The molecule has 0 aliphatic rings. The summed E-state index contributed by atoms with van der Waals surface area (Å²) in [5, 5.41) is 14.7. The smallest absolute Gasteiger partial charge is 0.238 e. The molecule has 1 rings (SSSR count). The molecule has 0 aliphatic heterocycles. The molecule has 0 radical (unpaired) electrons. The predicted molar refractivity (Wildman–Crippen MR) is 67.9 cm³/mol. The number of nitrogens with zero attached hydrogens (tertiary/aromatic N) is 1. The number of hydrogen-bond donors (Lipinski definition) is 2. The summed E-state index contributed by atoms with van der Waals surface area (Å²) in [7, 11) is 0. The van der Waals surface area contributed by atoms with Crippen molar-refractivity contribution in [2.75, 3.05) is 11.9 Å². The molecule has 2 N–H and O–H groups in total. The van der Waals surface area contributed by atoms with Crippen molar-refractivity contribution in [1.82, 2.24) is 5.32 Å². The molecule has 4 nitrogen and oxygen atoms in total. The summed E-state index contributed by atoms with van der Waals surface area (Å²) in [6.07, 6.45) is 0. The van der Waals surface area contributed by atoms with E-state index in [4.69, 9.17) is 16.9 Å². The van der Waals surface area contributed by atoms with E-state index < -0.39 is 0 Å². The minimum Gasteiger partial charge on any atom is -0.324 e. The molecule has 0 bridgehead atoms. The summed E-state index contributed by atoms with van der Waals surface area (Å²) in [6, 6.07) is 6.97. The minimum atomic E-state index is -0.162. The lowest BCUT2D eigenvalue weighted by molar-refractivity contribution is -0.115. The van der Waals surface area contributed by atoms with Crippen LogP contribution < -0.4 is 10.6 Å². The third-order valence-corrected chi connectivity index (χ3v) is 2.36. The molecule has 0 atom stereocenters. The Bertz CT molecular complexity index is 452. The Kier molecular flexibility index (Phi) is 4.95. The van der Waals surface area contributed by atoms with Gasteiger partial charge in [0.1, 0.15) is 0 Å². The maximum atomic E-state index is 11.5. The van der Waals surface area contributed by atoms with E-state index in [0.29, 0.717) is 16.3 Å². The Morgan fingerprint density at radius 2 is 2.24 bits per heavy atom. The number of rotatable bonds is 4. The van der Waals surface area contributed by atoms with Crippen LogP contribution in [0.15, 0.2) is 18.2 Å². The van der Waals surface area contributed by atoms with Crippen LogP contribution >= 0.6 is 11.6 Å². The van der Waals surface area contributed by atoms with Gasteiger partial charge in [0.15, 0.2) is 0 Å². The maximum absolute atomic E-state index is 11.5. The molecule has 1 aromatic carbocycles. The highest BCUT2D eigenvalue weighted by molar-refractivity contribution is 6.33. The highest BCUT2D eigenvalue weighted by atomic mass is 35.5. The van der Waals surface area contributed by atoms with Crippen LogP contribution in [-0.4, -0.2) is 18.5 Å². The van der Waals surface area contributed by atoms with Crippen molar-refractivity contribution in [3.63, 3.8) is 0 Å². The highest BCUT2D eigenvalue weighted by Gasteiger charge is 2.06. The maximum Gasteiger partial charge on any atom is 0.238 e. The molecule has 0 aromatic heterocycles. The van der Waals surface area contributed by atoms with E-state index in [2.05, 4.69) is 10.6 Å². The average Bonchev–Trinajstić information content (AvgIpc) is 2.29. The van der Waals surface area contributed by atoms with E-state index in [-0.39, 0.29) is 18.5 Å². The van der Waals surface area contributed by atoms with E-state index in [1.165, 1.54) is 6.07 Å². The van der Waals surface area contributed by atoms with E-state index >= 15 is 0 Å². The first kappa shape index (κ1) is 13.5. The monoisotopic (exact) mass is 251 g/mol. The van der Waals surface area contributed by atoms with Gasteiger partial charge in [-0.15, -0.1) is 0 Å². The number of hydrogen-bond acceptors (Lipinski definition) is 3. The molecule has 0 saturated heterocycles. The molecule has 0 unspecified atom stereocenters. The van der Waals surface area contributed by atoms with Crippen molar-refractivity contribution >= 4 is 23.2 Å². The second-order valence-electron chi connectivity index (χ2n) is 3.89. The molecule has 0 spiro atoms. The van der Waals surface area contributed by atoms with Crippen molar-refractivity contribution in [1.29, 1.82) is 5.26 Å². The second kappa shape index (κ2) is 6.24. The number of amides is 1. The van der Waals surface area contributed by atoms with Crippen LogP contribution in [0.4, 0.5) is 5.69 Å². The third-order valence-electron chi connectivity index (χ3n) is 2.04. The van der Waals surface area contributed by atoms with Gasteiger partial charge in [-0.1, -0.05) is 25.4 Å².